The highest BCUT2D eigenvalue weighted by molar-refractivity contribution is 6.30. The number of nitrogens with zero attached hydrogens (tertiary/aromatic N) is 1. The van der Waals surface area contributed by atoms with E-state index in [4.69, 9.17) is 16.3 Å². The molecule has 4 nitrogen and oxygen atoms in total. The summed E-state index contributed by atoms with van der Waals surface area (Å²) >= 11 is 5.98. The van der Waals surface area contributed by atoms with Crippen molar-refractivity contribution < 1.29 is 9.53 Å². The van der Waals surface area contributed by atoms with Crippen molar-refractivity contribution >= 4 is 17.5 Å². The summed E-state index contributed by atoms with van der Waals surface area (Å²) in [5.74, 6) is 0.630. The summed E-state index contributed by atoms with van der Waals surface area (Å²) in [6.45, 7) is 3.76. The Morgan fingerprint density at radius 2 is 2.16 bits per heavy atom. The highest BCUT2D eigenvalue weighted by Gasteiger charge is 2.08. The average Bonchev–Trinajstić information content (AvgIpc) is 2.37. The van der Waals surface area contributed by atoms with Crippen molar-refractivity contribution in [2.45, 2.75) is 19.9 Å². The van der Waals surface area contributed by atoms with Gasteiger partial charge in [0, 0.05) is 31.2 Å². The van der Waals surface area contributed by atoms with Crippen molar-refractivity contribution in [2.24, 2.45) is 0 Å². The second-order valence-electron chi connectivity index (χ2n) is 4.51. The number of amides is 1. The molecular formula is C14H21ClN2O2. The Kier molecular flexibility index (Phi) is 6.67. The van der Waals surface area contributed by atoms with E-state index in [0.717, 1.165) is 18.5 Å². The molecule has 19 heavy (non-hydrogen) atoms. The molecule has 106 valence electrons. The molecule has 0 aliphatic heterocycles. The van der Waals surface area contributed by atoms with Crippen molar-refractivity contribution in [1.82, 2.24) is 10.2 Å². The SMILES string of the molecule is CCCNCc1cc(Cl)ccc1OCC(=O)N(C)C. The number of rotatable bonds is 7. The number of nitrogens with one attached hydrogen (secondary N) is 1. The fourth-order valence-electron chi connectivity index (χ4n) is 1.50. The largest absolute Gasteiger partial charge is 0.483 e. The summed E-state index contributed by atoms with van der Waals surface area (Å²) < 4.78 is 5.56. The predicted molar refractivity (Wildman–Crippen MR) is 77.6 cm³/mol. The number of ether oxygens (including phenoxy) is 1. The molecule has 0 saturated carbocycles. The molecule has 1 rings (SSSR count). The summed E-state index contributed by atoms with van der Waals surface area (Å²) in [5, 5.41) is 3.96. The van der Waals surface area contributed by atoms with E-state index in [1.807, 2.05) is 6.07 Å². The van der Waals surface area contributed by atoms with Crippen LogP contribution in [0.2, 0.25) is 5.02 Å². The first-order valence-corrected chi connectivity index (χ1v) is 6.74. The highest BCUT2D eigenvalue weighted by atomic mass is 35.5. The van der Waals surface area contributed by atoms with E-state index in [1.54, 1.807) is 26.2 Å². The molecule has 0 spiro atoms. The minimum atomic E-state index is -0.0672. The fraction of sp³-hybridized carbons (Fsp3) is 0.500. The van der Waals surface area contributed by atoms with Gasteiger partial charge in [0.15, 0.2) is 6.61 Å². The molecule has 0 fully saturated rings. The molecule has 1 amide bonds. The number of hydrogen-bond acceptors (Lipinski definition) is 3. The van der Waals surface area contributed by atoms with E-state index in [1.165, 1.54) is 4.90 Å². The third kappa shape index (κ3) is 5.49. The Labute approximate surface area is 119 Å². The lowest BCUT2D eigenvalue weighted by Gasteiger charge is -2.14. The number of carbonyl (C=O) groups is 1. The molecule has 0 aliphatic rings. The van der Waals surface area contributed by atoms with Crippen molar-refractivity contribution in [2.75, 3.05) is 27.2 Å². The van der Waals surface area contributed by atoms with Gasteiger partial charge in [-0.3, -0.25) is 4.79 Å². The molecule has 1 aromatic rings. The maximum Gasteiger partial charge on any atom is 0.259 e. The van der Waals surface area contributed by atoms with Crippen molar-refractivity contribution in [3.8, 4) is 5.75 Å². The molecule has 0 atom stereocenters. The zero-order chi connectivity index (χ0) is 14.3. The normalized spacial score (nSPS) is 10.3. The van der Waals surface area contributed by atoms with Gasteiger partial charge in [-0.25, -0.2) is 0 Å². The smallest absolute Gasteiger partial charge is 0.259 e. The molecule has 5 heteroatoms. The van der Waals surface area contributed by atoms with Crippen LogP contribution in [0.4, 0.5) is 0 Å². The number of carbonyl (C=O) groups excluding carboxylic acids is 1. The average molecular weight is 285 g/mol. The lowest BCUT2D eigenvalue weighted by Crippen LogP contribution is -2.27. The van der Waals surface area contributed by atoms with Gasteiger partial charge in [0.2, 0.25) is 0 Å². The van der Waals surface area contributed by atoms with E-state index < -0.39 is 0 Å². The molecule has 0 heterocycles. The molecule has 0 bridgehead atoms. The first-order valence-electron chi connectivity index (χ1n) is 6.36. The predicted octanol–water partition coefficient (Wildman–Crippen LogP) is 2.31. The minimum absolute atomic E-state index is 0.0371. The molecule has 0 aliphatic carbocycles. The Balaban J connectivity index is 2.67. The summed E-state index contributed by atoms with van der Waals surface area (Å²) in [4.78, 5) is 13.0. The molecule has 1 N–H and O–H groups in total. The van der Waals surface area contributed by atoms with Crippen molar-refractivity contribution in [3.05, 3.63) is 28.8 Å². The number of hydrogen-bond donors (Lipinski definition) is 1. The maximum absolute atomic E-state index is 11.5. The summed E-state index contributed by atoms with van der Waals surface area (Å²) in [6, 6.07) is 5.42. The van der Waals surface area contributed by atoms with Gasteiger partial charge < -0.3 is 15.0 Å². The van der Waals surface area contributed by atoms with Crippen LogP contribution >= 0.6 is 11.6 Å². The van der Waals surface area contributed by atoms with Crippen LogP contribution in [0.5, 0.6) is 5.75 Å². The Bertz CT molecular complexity index is 422. The zero-order valence-corrected chi connectivity index (χ0v) is 12.5. The molecular weight excluding hydrogens is 264 g/mol. The van der Waals surface area contributed by atoms with Gasteiger partial charge in [0.25, 0.3) is 5.91 Å². The second-order valence-corrected chi connectivity index (χ2v) is 4.94. The minimum Gasteiger partial charge on any atom is -0.483 e. The molecule has 1 aromatic carbocycles. The van der Waals surface area contributed by atoms with Gasteiger partial charge in [0.1, 0.15) is 5.75 Å². The van der Waals surface area contributed by atoms with Crippen molar-refractivity contribution in [3.63, 3.8) is 0 Å². The van der Waals surface area contributed by atoms with E-state index in [0.29, 0.717) is 17.3 Å². The molecule has 0 unspecified atom stereocenters. The first-order chi connectivity index (χ1) is 9.04. The summed E-state index contributed by atoms with van der Waals surface area (Å²) in [6.07, 6.45) is 1.07. The maximum atomic E-state index is 11.5. The standard InChI is InChI=1S/C14H21ClN2O2/c1-4-7-16-9-11-8-12(15)5-6-13(11)19-10-14(18)17(2)3/h5-6,8,16H,4,7,9-10H2,1-3H3. The number of halogens is 1. The Morgan fingerprint density at radius 1 is 1.42 bits per heavy atom. The van der Waals surface area contributed by atoms with Crippen LogP contribution in [0.3, 0.4) is 0 Å². The molecule has 0 saturated heterocycles. The van der Waals surface area contributed by atoms with Crippen LogP contribution in [0.25, 0.3) is 0 Å². The van der Waals surface area contributed by atoms with Gasteiger partial charge in [0.05, 0.1) is 0 Å². The first kappa shape index (κ1) is 15.8. The number of likely N-dealkylation sites (N-methyl/N-ethyl adjacent to an activating group) is 1. The molecule has 0 radical (unpaired) electrons. The van der Waals surface area contributed by atoms with Crippen LogP contribution in [-0.4, -0.2) is 38.1 Å². The van der Waals surface area contributed by atoms with Crippen molar-refractivity contribution in [1.29, 1.82) is 0 Å². The third-order valence-corrected chi connectivity index (χ3v) is 2.85. The van der Waals surface area contributed by atoms with E-state index in [-0.39, 0.29) is 12.5 Å². The van der Waals surface area contributed by atoms with Crippen LogP contribution in [0, 0.1) is 0 Å². The van der Waals surface area contributed by atoms with E-state index >= 15 is 0 Å². The Morgan fingerprint density at radius 3 is 2.79 bits per heavy atom. The van der Waals surface area contributed by atoms with E-state index in [2.05, 4.69) is 12.2 Å². The lowest BCUT2D eigenvalue weighted by atomic mass is 10.2. The van der Waals surface area contributed by atoms with Gasteiger partial charge in [-0.2, -0.15) is 0 Å². The second kappa shape index (κ2) is 8.02. The Hall–Kier alpha value is -1.26. The highest BCUT2D eigenvalue weighted by Crippen LogP contribution is 2.22. The monoisotopic (exact) mass is 284 g/mol. The third-order valence-electron chi connectivity index (χ3n) is 2.61. The van der Waals surface area contributed by atoms with Gasteiger partial charge in [-0.05, 0) is 31.2 Å². The van der Waals surface area contributed by atoms with Crippen LogP contribution in [-0.2, 0) is 11.3 Å². The van der Waals surface area contributed by atoms with Crippen LogP contribution < -0.4 is 10.1 Å². The summed E-state index contributed by atoms with van der Waals surface area (Å²) in [7, 11) is 3.41. The molecule has 0 aromatic heterocycles. The van der Waals surface area contributed by atoms with Gasteiger partial charge in [-0.15, -0.1) is 0 Å². The quantitative estimate of drug-likeness (QED) is 0.781. The van der Waals surface area contributed by atoms with E-state index in [9.17, 15) is 4.79 Å². The van der Waals surface area contributed by atoms with Crippen LogP contribution in [0.15, 0.2) is 18.2 Å². The zero-order valence-electron chi connectivity index (χ0n) is 11.7. The van der Waals surface area contributed by atoms with Gasteiger partial charge >= 0.3 is 0 Å². The van der Waals surface area contributed by atoms with Crippen LogP contribution in [0.1, 0.15) is 18.9 Å². The fourth-order valence-corrected chi connectivity index (χ4v) is 1.69. The topological polar surface area (TPSA) is 41.6 Å². The lowest BCUT2D eigenvalue weighted by molar-refractivity contribution is -0.130. The van der Waals surface area contributed by atoms with Gasteiger partial charge in [-0.1, -0.05) is 18.5 Å². The summed E-state index contributed by atoms with van der Waals surface area (Å²) in [5.41, 5.74) is 0.965. The number of benzene rings is 1.